The van der Waals surface area contributed by atoms with Gasteiger partial charge in [-0.3, -0.25) is 15.6 Å². The normalized spacial score (nSPS) is 14.6. The summed E-state index contributed by atoms with van der Waals surface area (Å²) in [7, 11) is 1.56. The van der Waals surface area contributed by atoms with E-state index in [1.165, 1.54) is 4.90 Å². The van der Waals surface area contributed by atoms with Crippen molar-refractivity contribution >= 4 is 51.6 Å². The molecular weight excluding hydrogens is 338 g/mol. The zero-order chi connectivity index (χ0) is 18.1. The predicted molar refractivity (Wildman–Crippen MR) is 102 cm³/mol. The Morgan fingerprint density at radius 2 is 1.76 bits per heavy atom. The molecule has 1 amide bonds. The average Bonchev–Trinajstić information content (AvgIpc) is 2.60. The minimum atomic E-state index is -0.509. The van der Waals surface area contributed by atoms with Crippen LogP contribution in [-0.2, 0) is 4.79 Å². The molecule has 0 unspecified atom stereocenters. The highest BCUT2D eigenvalue weighted by molar-refractivity contribution is 6.75. The average molecular weight is 354 g/mol. The molecule has 1 aliphatic rings. The van der Waals surface area contributed by atoms with Crippen LogP contribution in [0.5, 0.6) is 0 Å². The van der Waals surface area contributed by atoms with Crippen LogP contribution in [0.4, 0.5) is 17.1 Å². The molecule has 0 aliphatic carbocycles. The summed E-state index contributed by atoms with van der Waals surface area (Å²) in [4.78, 5) is 13.1. The lowest BCUT2D eigenvalue weighted by molar-refractivity contribution is -0.120. The molecule has 0 saturated carbocycles. The minimum absolute atomic E-state index is 0.132. The van der Waals surface area contributed by atoms with Gasteiger partial charge < -0.3 is 16.0 Å². The fourth-order valence-electron chi connectivity index (χ4n) is 2.52. The predicted octanol–water partition coefficient (Wildman–Crippen LogP) is 3.52. The number of hydrogen-bond acceptors (Lipinski definition) is 5. The second-order valence-electron chi connectivity index (χ2n) is 5.65. The van der Waals surface area contributed by atoms with Gasteiger partial charge in [0.1, 0.15) is 5.71 Å². The van der Waals surface area contributed by atoms with E-state index in [1.54, 1.807) is 43.6 Å². The Labute approximate surface area is 149 Å². The number of allylic oxidation sites excluding steroid dienone is 1. The van der Waals surface area contributed by atoms with Gasteiger partial charge in [-0.05, 0) is 42.5 Å². The van der Waals surface area contributed by atoms with Crippen LogP contribution in [-0.4, -0.2) is 29.3 Å². The molecule has 2 aromatic carbocycles. The van der Waals surface area contributed by atoms with Crippen molar-refractivity contribution in [1.29, 1.82) is 10.8 Å². The lowest BCUT2D eigenvalue weighted by Gasteiger charge is -2.24. The first-order valence-electron chi connectivity index (χ1n) is 7.46. The summed E-state index contributed by atoms with van der Waals surface area (Å²) in [5, 5.41) is 19.9. The van der Waals surface area contributed by atoms with Crippen molar-refractivity contribution in [2.24, 2.45) is 0 Å². The van der Waals surface area contributed by atoms with Crippen LogP contribution < -0.4 is 11.1 Å². The largest absolute Gasteiger partial charge is 0.399 e. The van der Waals surface area contributed by atoms with E-state index < -0.39 is 5.91 Å². The Hall–Kier alpha value is -3.12. The van der Waals surface area contributed by atoms with Gasteiger partial charge in [0.25, 0.3) is 5.91 Å². The van der Waals surface area contributed by atoms with E-state index in [-0.39, 0.29) is 11.4 Å². The third-order valence-electron chi connectivity index (χ3n) is 3.83. The maximum absolute atomic E-state index is 11.9. The van der Waals surface area contributed by atoms with E-state index in [1.807, 2.05) is 12.1 Å². The molecule has 0 bridgehead atoms. The molecule has 2 aromatic rings. The molecule has 6 nitrogen and oxygen atoms in total. The quantitative estimate of drug-likeness (QED) is 0.634. The van der Waals surface area contributed by atoms with Crippen molar-refractivity contribution in [3.63, 3.8) is 0 Å². The van der Waals surface area contributed by atoms with Gasteiger partial charge in [-0.2, -0.15) is 0 Å². The number of nitrogens with two attached hydrogens (primary N) is 1. The molecule has 0 fully saturated rings. The van der Waals surface area contributed by atoms with Gasteiger partial charge in [-0.15, -0.1) is 0 Å². The molecule has 126 valence electrons. The van der Waals surface area contributed by atoms with E-state index in [0.717, 1.165) is 5.69 Å². The molecule has 0 saturated heterocycles. The van der Waals surface area contributed by atoms with E-state index in [9.17, 15) is 4.79 Å². The first-order chi connectivity index (χ1) is 11.9. The van der Waals surface area contributed by atoms with Crippen LogP contribution in [0.25, 0.3) is 5.57 Å². The van der Waals surface area contributed by atoms with Gasteiger partial charge in [0, 0.05) is 46.5 Å². The zero-order valence-electron chi connectivity index (χ0n) is 13.4. The van der Waals surface area contributed by atoms with Crippen molar-refractivity contribution < 1.29 is 4.79 Å². The number of nitrogens with one attached hydrogen (secondary N) is 3. The molecule has 1 aliphatic heterocycles. The molecule has 1 heterocycles. The Balaban J connectivity index is 2.07. The maximum atomic E-state index is 11.9. The first kappa shape index (κ1) is 16.7. The van der Waals surface area contributed by atoms with Crippen LogP contribution >= 0.6 is 11.6 Å². The van der Waals surface area contributed by atoms with Gasteiger partial charge in [-0.1, -0.05) is 11.6 Å². The molecule has 0 atom stereocenters. The molecule has 7 heteroatoms. The van der Waals surface area contributed by atoms with Crippen LogP contribution in [0.1, 0.15) is 5.56 Å². The van der Waals surface area contributed by atoms with Gasteiger partial charge in [0.15, 0.2) is 0 Å². The lowest BCUT2D eigenvalue weighted by atomic mass is 9.94. The number of amides is 1. The molecular formula is C18H16ClN5O. The van der Waals surface area contributed by atoms with Crippen molar-refractivity contribution in [3.8, 4) is 0 Å². The van der Waals surface area contributed by atoms with Gasteiger partial charge >= 0.3 is 0 Å². The summed E-state index contributed by atoms with van der Waals surface area (Å²) < 4.78 is 0. The SMILES string of the molecule is CN1C=C(c2cc(N)ccc2Nc2ccc(Cl)cc2)C(=N)C(=N)C1=O. The topological polar surface area (TPSA) is 106 Å². The second kappa shape index (κ2) is 6.41. The van der Waals surface area contributed by atoms with Crippen molar-refractivity contribution in [2.45, 2.75) is 0 Å². The Bertz CT molecular complexity index is 918. The number of benzene rings is 2. The number of carbonyl (C=O) groups is 1. The number of anilines is 3. The molecule has 25 heavy (non-hydrogen) atoms. The number of hydrogen-bond donors (Lipinski definition) is 4. The minimum Gasteiger partial charge on any atom is -0.399 e. The smallest absolute Gasteiger partial charge is 0.277 e. The molecule has 3 rings (SSSR count). The highest BCUT2D eigenvalue weighted by Gasteiger charge is 2.28. The zero-order valence-corrected chi connectivity index (χ0v) is 14.2. The van der Waals surface area contributed by atoms with Crippen LogP contribution in [0, 0.1) is 10.8 Å². The fourth-order valence-corrected chi connectivity index (χ4v) is 2.65. The van der Waals surface area contributed by atoms with E-state index in [0.29, 0.717) is 27.5 Å². The number of nitrogen functional groups attached to an aromatic ring is 1. The molecule has 0 aromatic heterocycles. The van der Waals surface area contributed by atoms with Gasteiger partial charge in [-0.25, -0.2) is 0 Å². The van der Waals surface area contributed by atoms with Crippen LogP contribution in [0.2, 0.25) is 5.02 Å². The summed E-state index contributed by atoms with van der Waals surface area (Å²) in [5.74, 6) is -0.509. The standard InChI is InChI=1S/C18H16ClN5O/c1-24-9-14(16(21)17(22)18(24)25)13-8-11(20)4-7-15(13)23-12-5-2-10(19)3-6-12/h2-9,21-23H,20H2,1H3. The summed E-state index contributed by atoms with van der Waals surface area (Å²) in [5.41, 5.74) is 8.58. The second-order valence-corrected chi connectivity index (χ2v) is 6.08. The molecule has 0 radical (unpaired) electrons. The van der Waals surface area contributed by atoms with Gasteiger partial charge in [0.2, 0.25) is 0 Å². The fraction of sp³-hybridized carbons (Fsp3) is 0.0556. The molecule has 5 N–H and O–H groups in total. The Morgan fingerprint density at radius 1 is 1.08 bits per heavy atom. The number of nitrogens with zero attached hydrogens (tertiary/aromatic N) is 1. The van der Waals surface area contributed by atoms with E-state index >= 15 is 0 Å². The molecule has 0 spiro atoms. The summed E-state index contributed by atoms with van der Waals surface area (Å²) >= 11 is 5.91. The first-order valence-corrected chi connectivity index (χ1v) is 7.84. The van der Waals surface area contributed by atoms with Crippen molar-refractivity contribution in [2.75, 3.05) is 18.1 Å². The third-order valence-corrected chi connectivity index (χ3v) is 4.09. The van der Waals surface area contributed by atoms with Crippen molar-refractivity contribution in [1.82, 2.24) is 4.90 Å². The maximum Gasteiger partial charge on any atom is 0.277 e. The highest BCUT2D eigenvalue weighted by Crippen LogP contribution is 2.32. The Kier molecular flexibility index (Phi) is 4.29. The number of carbonyl (C=O) groups excluding carboxylic acids is 1. The summed E-state index contributed by atoms with van der Waals surface area (Å²) in [6, 6.07) is 12.5. The van der Waals surface area contributed by atoms with Crippen LogP contribution in [0.3, 0.4) is 0 Å². The number of rotatable bonds is 3. The third kappa shape index (κ3) is 3.25. The van der Waals surface area contributed by atoms with E-state index in [4.69, 9.17) is 28.2 Å². The summed E-state index contributed by atoms with van der Waals surface area (Å²) in [6.45, 7) is 0. The highest BCUT2D eigenvalue weighted by atomic mass is 35.5. The lowest BCUT2D eigenvalue weighted by Crippen LogP contribution is -2.38. The monoisotopic (exact) mass is 353 g/mol. The summed E-state index contributed by atoms with van der Waals surface area (Å²) in [6.07, 6.45) is 1.55. The van der Waals surface area contributed by atoms with Crippen molar-refractivity contribution in [3.05, 3.63) is 59.3 Å². The Morgan fingerprint density at radius 3 is 2.44 bits per heavy atom. The van der Waals surface area contributed by atoms with Gasteiger partial charge in [0.05, 0.1) is 5.71 Å². The number of halogens is 1. The van der Waals surface area contributed by atoms with E-state index in [2.05, 4.69) is 5.32 Å². The van der Waals surface area contributed by atoms with Crippen LogP contribution in [0.15, 0.2) is 48.7 Å².